The molecule has 4 heteroatoms. The Morgan fingerprint density at radius 1 is 1.00 bits per heavy atom. The summed E-state index contributed by atoms with van der Waals surface area (Å²) >= 11 is 1.69. The third-order valence-corrected chi connectivity index (χ3v) is 6.91. The number of piperidine rings is 1. The van der Waals surface area contributed by atoms with Crippen molar-refractivity contribution in [3.05, 3.63) is 65.2 Å². The summed E-state index contributed by atoms with van der Waals surface area (Å²) in [4.78, 5) is 16.4. The van der Waals surface area contributed by atoms with E-state index in [1.165, 1.54) is 16.0 Å². The number of hydrogen-bond donors (Lipinski definition) is 1. The van der Waals surface area contributed by atoms with Crippen LogP contribution in [0.4, 0.5) is 0 Å². The molecule has 2 aliphatic rings. The molecule has 1 aliphatic heterocycles. The molecular formula is C23H27NO2S. The Bertz CT molecular complexity index is 796. The van der Waals surface area contributed by atoms with Crippen molar-refractivity contribution >= 4 is 17.5 Å². The molecule has 2 aromatic carbocycles. The Morgan fingerprint density at radius 3 is 2.26 bits per heavy atom. The van der Waals surface area contributed by atoms with Crippen LogP contribution in [-0.2, 0) is 12.8 Å². The number of benzene rings is 2. The van der Waals surface area contributed by atoms with Crippen LogP contribution in [-0.4, -0.2) is 47.3 Å². The summed E-state index contributed by atoms with van der Waals surface area (Å²) in [6, 6.07) is 16.6. The van der Waals surface area contributed by atoms with Gasteiger partial charge in [0.1, 0.15) is 0 Å². The minimum atomic E-state index is -0.314. The van der Waals surface area contributed by atoms with Crippen molar-refractivity contribution in [1.29, 1.82) is 0 Å². The molecule has 27 heavy (non-hydrogen) atoms. The number of rotatable bonds is 4. The van der Waals surface area contributed by atoms with E-state index in [0.717, 1.165) is 44.3 Å². The van der Waals surface area contributed by atoms with Crippen molar-refractivity contribution in [3.8, 4) is 0 Å². The van der Waals surface area contributed by atoms with Crippen LogP contribution in [0.15, 0.2) is 53.4 Å². The van der Waals surface area contributed by atoms with Crippen LogP contribution in [0, 0.1) is 5.92 Å². The first-order valence-corrected chi connectivity index (χ1v) is 11.1. The molecule has 4 rings (SSSR count). The van der Waals surface area contributed by atoms with E-state index >= 15 is 0 Å². The summed E-state index contributed by atoms with van der Waals surface area (Å²) in [5, 5.41) is 10.7. The summed E-state index contributed by atoms with van der Waals surface area (Å²) in [6.45, 7) is 1.78. The fraction of sp³-hybridized carbons (Fsp3) is 0.435. The second-order valence-electron chi connectivity index (χ2n) is 7.71. The number of aliphatic hydroxyl groups is 1. The molecule has 0 bridgehead atoms. The van der Waals surface area contributed by atoms with Gasteiger partial charge in [0.2, 0.25) is 0 Å². The van der Waals surface area contributed by atoms with Gasteiger partial charge in [-0.1, -0.05) is 36.4 Å². The molecule has 2 unspecified atom stereocenters. The zero-order valence-corrected chi connectivity index (χ0v) is 16.6. The number of carbonyl (C=O) groups is 1. The maximum atomic E-state index is 12.8. The number of carbonyl (C=O) groups excluding carboxylic acids is 1. The zero-order valence-electron chi connectivity index (χ0n) is 15.8. The number of likely N-dealkylation sites (tertiary alicyclic amines) is 1. The van der Waals surface area contributed by atoms with Crippen molar-refractivity contribution in [3.63, 3.8) is 0 Å². The quantitative estimate of drug-likeness (QED) is 0.645. The molecule has 1 fully saturated rings. The smallest absolute Gasteiger partial charge is 0.166 e. The van der Waals surface area contributed by atoms with Gasteiger partial charge in [-0.2, -0.15) is 0 Å². The average Bonchev–Trinajstić information content (AvgIpc) is 2.73. The first-order chi connectivity index (χ1) is 13.2. The Labute approximate surface area is 165 Å². The highest BCUT2D eigenvalue weighted by molar-refractivity contribution is 7.98. The van der Waals surface area contributed by atoms with Gasteiger partial charge in [0, 0.05) is 28.8 Å². The third kappa shape index (κ3) is 3.98. The Kier molecular flexibility index (Phi) is 5.67. The predicted molar refractivity (Wildman–Crippen MR) is 110 cm³/mol. The number of Topliss-reactive ketones (excluding diaryl/α,β-unsaturated/α-hetero) is 1. The van der Waals surface area contributed by atoms with Crippen molar-refractivity contribution in [2.24, 2.45) is 5.92 Å². The maximum absolute atomic E-state index is 12.8. The number of aliphatic hydroxyl groups excluding tert-OH is 1. The molecule has 2 aromatic rings. The molecule has 1 aliphatic carbocycles. The highest BCUT2D eigenvalue weighted by Gasteiger charge is 2.35. The molecule has 0 amide bonds. The molecule has 0 spiro atoms. The zero-order chi connectivity index (χ0) is 18.8. The Balaban J connectivity index is 1.38. The van der Waals surface area contributed by atoms with Gasteiger partial charge in [-0.05, 0) is 61.9 Å². The normalized spacial score (nSPS) is 23.8. The van der Waals surface area contributed by atoms with Gasteiger partial charge in [0.25, 0.3) is 0 Å². The van der Waals surface area contributed by atoms with E-state index in [2.05, 4.69) is 29.2 Å². The van der Waals surface area contributed by atoms with Crippen LogP contribution in [0.3, 0.4) is 0 Å². The van der Waals surface area contributed by atoms with Gasteiger partial charge < -0.3 is 5.11 Å². The SMILES string of the molecule is CSc1ccc(C(=O)C2CCN(C3Cc4ccccc4CC3O)CC2)cc1. The van der Waals surface area contributed by atoms with Gasteiger partial charge in [-0.15, -0.1) is 11.8 Å². The van der Waals surface area contributed by atoms with E-state index in [1.54, 1.807) is 11.8 Å². The van der Waals surface area contributed by atoms with E-state index in [1.807, 2.05) is 30.5 Å². The van der Waals surface area contributed by atoms with Crippen molar-refractivity contribution in [2.45, 2.75) is 42.7 Å². The fourth-order valence-electron chi connectivity index (χ4n) is 4.54. The Hall–Kier alpha value is -1.62. The Morgan fingerprint density at radius 2 is 1.63 bits per heavy atom. The molecule has 0 aromatic heterocycles. The molecule has 3 nitrogen and oxygen atoms in total. The first-order valence-electron chi connectivity index (χ1n) is 9.83. The standard InChI is InChI=1S/C23H27NO2S/c1-27-20-8-6-16(7-9-20)23(26)17-10-12-24(13-11-17)21-14-18-4-2-3-5-19(18)15-22(21)25/h2-9,17,21-22,25H,10-15H2,1H3. The maximum Gasteiger partial charge on any atom is 0.166 e. The van der Waals surface area contributed by atoms with Crippen LogP contribution in [0.25, 0.3) is 0 Å². The second kappa shape index (κ2) is 8.17. The van der Waals surface area contributed by atoms with Crippen molar-refractivity contribution < 1.29 is 9.90 Å². The molecule has 142 valence electrons. The van der Waals surface area contributed by atoms with Gasteiger partial charge >= 0.3 is 0 Å². The van der Waals surface area contributed by atoms with E-state index in [4.69, 9.17) is 0 Å². The molecule has 1 saturated heterocycles. The lowest BCUT2D eigenvalue weighted by Gasteiger charge is -2.41. The van der Waals surface area contributed by atoms with Gasteiger partial charge in [-0.3, -0.25) is 9.69 Å². The number of fused-ring (bicyclic) bond motifs is 1. The summed E-state index contributed by atoms with van der Waals surface area (Å²) in [7, 11) is 0. The lowest BCUT2D eigenvalue weighted by atomic mass is 9.83. The van der Waals surface area contributed by atoms with Crippen molar-refractivity contribution in [2.75, 3.05) is 19.3 Å². The monoisotopic (exact) mass is 381 g/mol. The van der Waals surface area contributed by atoms with Gasteiger partial charge in [0.05, 0.1) is 6.10 Å². The predicted octanol–water partition coefficient (Wildman–Crippen LogP) is 3.83. The minimum absolute atomic E-state index is 0.106. The first kappa shape index (κ1) is 18.7. The number of nitrogens with zero attached hydrogens (tertiary/aromatic N) is 1. The fourth-order valence-corrected chi connectivity index (χ4v) is 4.94. The molecule has 2 atom stereocenters. The number of thioether (sulfide) groups is 1. The van der Waals surface area contributed by atoms with E-state index in [9.17, 15) is 9.90 Å². The van der Waals surface area contributed by atoms with Gasteiger partial charge in [-0.25, -0.2) is 0 Å². The second-order valence-corrected chi connectivity index (χ2v) is 8.59. The largest absolute Gasteiger partial charge is 0.391 e. The van der Waals surface area contributed by atoms with Gasteiger partial charge in [0.15, 0.2) is 5.78 Å². The summed E-state index contributed by atoms with van der Waals surface area (Å²) < 4.78 is 0. The van der Waals surface area contributed by atoms with E-state index in [-0.39, 0.29) is 23.8 Å². The summed E-state index contributed by atoms with van der Waals surface area (Å²) in [5.74, 6) is 0.381. The van der Waals surface area contributed by atoms with Crippen LogP contribution in [0.1, 0.15) is 34.3 Å². The number of ketones is 1. The topological polar surface area (TPSA) is 40.5 Å². The van der Waals surface area contributed by atoms with Crippen LogP contribution in [0.5, 0.6) is 0 Å². The molecule has 0 radical (unpaired) electrons. The highest BCUT2D eigenvalue weighted by atomic mass is 32.2. The number of hydrogen-bond acceptors (Lipinski definition) is 4. The molecule has 0 saturated carbocycles. The van der Waals surface area contributed by atoms with Crippen LogP contribution in [0.2, 0.25) is 0 Å². The molecular weight excluding hydrogens is 354 g/mol. The average molecular weight is 382 g/mol. The lowest BCUT2D eigenvalue weighted by Crippen LogP contribution is -2.51. The minimum Gasteiger partial charge on any atom is -0.391 e. The lowest BCUT2D eigenvalue weighted by molar-refractivity contribution is 0.0239. The molecule has 1 heterocycles. The third-order valence-electron chi connectivity index (χ3n) is 6.16. The van der Waals surface area contributed by atoms with Crippen LogP contribution < -0.4 is 0 Å². The summed E-state index contributed by atoms with van der Waals surface area (Å²) in [5.41, 5.74) is 3.47. The van der Waals surface area contributed by atoms with E-state index in [0.29, 0.717) is 0 Å². The highest BCUT2D eigenvalue weighted by Crippen LogP contribution is 2.29. The molecule has 1 N–H and O–H groups in total. The van der Waals surface area contributed by atoms with Crippen LogP contribution >= 0.6 is 11.8 Å². The van der Waals surface area contributed by atoms with Crippen molar-refractivity contribution in [1.82, 2.24) is 4.90 Å². The van der Waals surface area contributed by atoms with E-state index < -0.39 is 0 Å². The summed E-state index contributed by atoms with van der Waals surface area (Å²) in [6.07, 6.45) is 5.14.